The minimum atomic E-state index is -0.494. The van der Waals surface area contributed by atoms with Crippen molar-refractivity contribution in [2.24, 2.45) is 0 Å². The second kappa shape index (κ2) is 6.62. The van der Waals surface area contributed by atoms with Crippen molar-refractivity contribution < 1.29 is 9.90 Å². The third-order valence-electron chi connectivity index (χ3n) is 3.21. The van der Waals surface area contributed by atoms with Gasteiger partial charge in [0, 0.05) is 38.1 Å². The van der Waals surface area contributed by atoms with Crippen LogP contribution in [0.1, 0.15) is 15.5 Å². The average molecular weight is 298 g/mol. The maximum absolute atomic E-state index is 12.4. The van der Waals surface area contributed by atoms with E-state index in [9.17, 15) is 9.90 Å². The zero-order chi connectivity index (χ0) is 14.7. The first-order chi connectivity index (χ1) is 9.45. The summed E-state index contributed by atoms with van der Waals surface area (Å²) in [7, 11) is 5.91. The first-order valence-electron chi connectivity index (χ1n) is 6.70. The number of carbonyl (C=O) groups is 1. The van der Waals surface area contributed by atoms with Crippen LogP contribution in [-0.2, 0) is 6.54 Å². The van der Waals surface area contributed by atoms with Crippen molar-refractivity contribution >= 4 is 17.2 Å². The standard InChI is InChI=1S/C13H22N4O2S/c1-15(2)8-12-14-11(9-20-12)13(19)17-5-4-16(3)6-10(18)7-17/h9-10,18H,4-8H2,1-3H3. The molecule has 1 aliphatic rings. The van der Waals surface area contributed by atoms with Gasteiger partial charge in [-0.1, -0.05) is 0 Å². The minimum absolute atomic E-state index is 0.0828. The first kappa shape index (κ1) is 15.4. The van der Waals surface area contributed by atoms with Crippen LogP contribution < -0.4 is 0 Å². The maximum Gasteiger partial charge on any atom is 0.273 e. The number of amides is 1. The highest BCUT2D eigenvalue weighted by Gasteiger charge is 2.25. The van der Waals surface area contributed by atoms with E-state index in [4.69, 9.17) is 0 Å². The summed E-state index contributed by atoms with van der Waals surface area (Å²) in [4.78, 5) is 22.6. The number of thiazole rings is 1. The van der Waals surface area contributed by atoms with Crippen LogP contribution >= 0.6 is 11.3 Å². The number of aliphatic hydroxyl groups excluding tert-OH is 1. The highest BCUT2D eigenvalue weighted by atomic mass is 32.1. The van der Waals surface area contributed by atoms with Crippen LogP contribution in [0.15, 0.2) is 5.38 Å². The fourth-order valence-corrected chi connectivity index (χ4v) is 3.13. The number of likely N-dealkylation sites (N-methyl/N-ethyl adjacent to an activating group) is 1. The molecule has 0 saturated carbocycles. The van der Waals surface area contributed by atoms with Crippen molar-refractivity contribution in [1.29, 1.82) is 0 Å². The Morgan fingerprint density at radius 1 is 1.50 bits per heavy atom. The lowest BCUT2D eigenvalue weighted by Gasteiger charge is -2.20. The molecular formula is C13H22N4O2S. The van der Waals surface area contributed by atoms with Gasteiger partial charge in [-0.25, -0.2) is 4.98 Å². The first-order valence-corrected chi connectivity index (χ1v) is 7.58. The van der Waals surface area contributed by atoms with Gasteiger partial charge in [-0.3, -0.25) is 4.79 Å². The summed E-state index contributed by atoms with van der Waals surface area (Å²) in [5, 5.41) is 12.6. The molecule has 2 rings (SSSR count). The van der Waals surface area contributed by atoms with E-state index in [2.05, 4.69) is 4.98 Å². The van der Waals surface area contributed by atoms with Crippen LogP contribution in [0.5, 0.6) is 0 Å². The highest BCUT2D eigenvalue weighted by molar-refractivity contribution is 7.09. The average Bonchev–Trinajstić information content (AvgIpc) is 2.73. The molecule has 0 bridgehead atoms. The van der Waals surface area contributed by atoms with Gasteiger partial charge in [0.1, 0.15) is 10.7 Å². The van der Waals surface area contributed by atoms with Gasteiger partial charge >= 0.3 is 0 Å². The van der Waals surface area contributed by atoms with Gasteiger partial charge in [0.15, 0.2) is 0 Å². The molecule has 1 N–H and O–H groups in total. The molecule has 0 aliphatic carbocycles. The Bertz CT molecular complexity index is 463. The molecule has 1 fully saturated rings. The van der Waals surface area contributed by atoms with E-state index < -0.39 is 6.10 Å². The van der Waals surface area contributed by atoms with Crippen LogP contribution in [0.4, 0.5) is 0 Å². The smallest absolute Gasteiger partial charge is 0.273 e. The van der Waals surface area contributed by atoms with E-state index in [1.165, 1.54) is 11.3 Å². The van der Waals surface area contributed by atoms with Crippen molar-refractivity contribution in [3.63, 3.8) is 0 Å². The van der Waals surface area contributed by atoms with Gasteiger partial charge in [-0.05, 0) is 21.1 Å². The van der Waals surface area contributed by atoms with Crippen LogP contribution in [0.2, 0.25) is 0 Å². The summed E-state index contributed by atoms with van der Waals surface area (Å²) in [6.07, 6.45) is -0.494. The Kier molecular flexibility index (Phi) is 5.09. The van der Waals surface area contributed by atoms with E-state index in [-0.39, 0.29) is 5.91 Å². The lowest BCUT2D eigenvalue weighted by molar-refractivity contribution is 0.0661. The molecule has 1 aromatic heterocycles. The van der Waals surface area contributed by atoms with Crippen LogP contribution in [0.25, 0.3) is 0 Å². The monoisotopic (exact) mass is 298 g/mol. The third kappa shape index (κ3) is 3.99. The Balaban J connectivity index is 2.04. The summed E-state index contributed by atoms with van der Waals surface area (Å²) in [6, 6.07) is 0. The van der Waals surface area contributed by atoms with Gasteiger partial charge < -0.3 is 19.8 Å². The summed E-state index contributed by atoms with van der Waals surface area (Å²) in [5.41, 5.74) is 0.489. The fraction of sp³-hybridized carbons (Fsp3) is 0.692. The SMILES string of the molecule is CN(C)Cc1nc(C(=O)N2CCN(C)CC(O)C2)cs1. The van der Waals surface area contributed by atoms with Crippen molar-refractivity contribution in [2.75, 3.05) is 47.3 Å². The molecule has 6 nitrogen and oxygen atoms in total. The second-order valence-electron chi connectivity index (χ2n) is 5.53. The number of hydrogen-bond acceptors (Lipinski definition) is 6. The number of carbonyl (C=O) groups excluding carboxylic acids is 1. The molecular weight excluding hydrogens is 276 g/mol. The quantitative estimate of drug-likeness (QED) is 0.848. The Labute approximate surface area is 123 Å². The van der Waals surface area contributed by atoms with E-state index in [1.54, 1.807) is 4.90 Å². The number of nitrogens with zero attached hydrogens (tertiary/aromatic N) is 4. The maximum atomic E-state index is 12.4. The van der Waals surface area contributed by atoms with Crippen LogP contribution in [-0.4, -0.2) is 84.1 Å². The highest BCUT2D eigenvalue weighted by Crippen LogP contribution is 2.14. The van der Waals surface area contributed by atoms with E-state index in [0.717, 1.165) is 18.1 Å². The molecule has 2 heterocycles. The predicted octanol–water partition coefficient (Wildman–Crippen LogP) is -0.0468. The number of aromatic nitrogens is 1. The topological polar surface area (TPSA) is 59.9 Å². The predicted molar refractivity (Wildman–Crippen MR) is 78.9 cm³/mol. The van der Waals surface area contributed by atoms with Crippen molar-refractivity contribution in [1.82, 2.24) is 19.7 Å². The Morgan fingerprint density at radius 2 is 2.25 bits per heavy atom. The zero-order valence-electron chi connectivity index (χ0n) is 12.2. The molecule has 1 unspecified atom stereocenters. The van der Waals surface area contributed by atoms with E-state index in [0.29, 0.717) is 25.3 Å². The molecule has 0 aromatic carbocycles. The molecule has 0 radical (unpaired) electrons. The number of aliphatic hydroxyl groups is 1. The van der Waals surface area contributed by atoms with Crippen LogP contribution in [0.3, 0.4) is 0 Å². The van der Waals surface area contributed by atoms with E-state index in [1.807, 2.05) is 36.3 Å². The lowest BCUT2D eigenvalue weighted by atomic mass is 10.3. The third-order valence-corrected chi connectivity index (χ3v) is 4.05. The zero-order valence-corrected chi connectivity index (χ0v) is 13.1. The number of hydrogen-bond donors (Lipinski definition) is 1. The van der Waals surface area contributed by atoms with Crippen LogP contribution in [0, 0.1) is 0 Å². The van der Waals surface area contributed by atoms with Gasteiger partial charge in [0.2, 0.25) is 0 Å². The summed E-state index contributed by atoms with van der Waals surface area (Å²) >= 11 is 1.50. The summed E-state index contributed by atoms with van der Waals surface area (Å²) in [6.45, 7) is 3.13. The molecule has 1 amide bonds. The van der Waals surface area contributed by atoms with Gasteiger partial charge in [-0.2, -0.15) is 0 Å². The Hall–Kier alpha value is -1.02. The second-order valence-corrected chi connectivity index (χ2v) is 6.47. The van der Waals surface area contributed by atoms with Gasteiger partial charge in [0.25, 0.3) is 5.91 Å². The molecule has 1 saturated heterocycles. The summed E-state index contributed by atoms with van der Waals surface area (Å²) in [5.74, 6) is -0.0828. The fourth-order valence-electron chi connectivity index (χ4n) is 2.24. The lowest BCUT2D eigenvalue weighted by Crippen LogP contribution is -2.37. The molecule has 1 aromatic rings. The minimum Gasteiger partial charge on any atom is -0.390 e. The normalized spacial score (nSPS) is 21.2. The summed E-state index contributed by atoms with van der Waals surface area (Å²) < 4.78 is 0. The molecule has 112 valence electrons. The molecule has 1 aliphatic heterocycles. The van der Waals surface area contributed by atoms with Gasteiger partial charge in [0.05, 0.1) is 6.10 Å². The molecule has 20 heavy (non-hydrogen) atoms. The van der Waals surface area contributed by atoms with Crippen molar-refractivity contribution in [3.8, 4) is 0 Å². The largest absolute Gasteiger partial charge is 0.390 e. The molecule has 0 spiro atoms. The number of β-amino-alcohol motifs (C(OH)–C–C–N with tert-alkyl or cyclic N) is 1. The van der Waals surface area contributed by atoms with Crippen molar-refractivity contribution in [3.05, 3.63) is 16.1 Å². The van der Waals surface area contributed by atoms with Gasteiger partial charge in [-0.15, -0.1) is 11.3 Å². The van der Waals surface area contributed by atoms with E-state index >= 15 is 0 Å². The number of rotatable bonds is 3. The molecule has 1 atom stereocenters. The molecule has 7 heteroatoms. The van der Waals surface area contributed by atoms with Crippen molar-refractivity contribution in [2.45, 2.75) is 12.6 Å². The Morgan fingerprint density at radius 3 is 2.95 bits per heavy atom.